The molecule has 0 saturated heterocycles. The number of nitrogens with two attached hydrogens (primary N) is 1. The third-order valence-corrected chi connectivity index (χ3v) is 1.54. The maximum atomic E-state index is 7.09. The van der Waals surface area contributed by atoms with Crippen LogP contribution in [0.1, 0.15) is 0 Å². The normalized spacial score (nSPS) is 23.3. The highest BCUT2D eigenvalue weighted by Gasteiger charge is 2.14. The van der Waals surface area contributed by atoms with Crippen molar-refractivity contribution in [3.63, 3.8) is 0 Å². The number of hydrogen-bond acceptors (Lipinski definition) is 2. The minimum atomic E-state index is -0.285. The summed E-state index contributed by atoms with van der Waals surface area (Å²) in [5, 5.41) is 7.09. The molecule has 1 aliphatic rings. The molecule has 1 rings (SSSR count). The van der Waals surface area contributed by atoms with Crippen molar-refractivity contribution in [2.24, 2.45) is 5.73 Å². The molecule has 1 unspecified atom stereocenters. The van der Waals surface area contributed by atoms with Crippen LogP contribution in [0.25, 0.3) is 0 Å². The molecule has 1 aliphatic heterocycles. The van der Waals surface area contributed by atoms with Crippen LogP contribution in [0.2, 0.25) is 0 Å². The van der Waals surface area contributed by atoms with E-state index in [0.717, 1.165) is 0 Å². The Morgan fingerprint density at radius 1 is 1.60 bits per heavy atom. The fourth-order valence-electron chi connectivity index (χ4n) is 0.713. The summed E-state index contributed by atoms with van der Waals surface area (Å²) in [6, 6.07) is -0.285. The maximum Gasteiger partial charge on any atom is 0.120 e. The van der Waals surface area contributed by atoms with Crippen molar-refractivity contribution in [2.45, 2.75) is 6.04 Å². The van der Waals surface area contributed by atoms with Gasteiger partial charge in [0.15, 0.2) is 0 Å². The van der Waals surface area contributed by atoms with E-state index in [0.29, 0.717) is 0 Å². The number of allylic oxidation sites excluding steroid dienone is 2. The highest BCUT2D eigenvalue weighted by atomic mass is 35.5. The van der Waals surface area contributed by atoms with Gasteiger partial charge in [-0.15, -0.1) is 0 Å². The zero-order chi connectivity index (χ0) is 7.56. The first-order chi connectivity index (χ1) is 4.72. The fraction of sp³-hybridized carbons (Fsp3) is 0.167. The monoisotopic (exact) mass is 157 g/mol. The van der Waals surface area contributed by atoms with Crippen molar-refractivity contribution in [2.75, 3.05) is 0 Å². The summed E-state index contributed by atoms with van der Waals surface area (Å²) in [5.41, 5.74) is 5.23. The van der Waals surface area contributed by atoms with E-state index in [1.165, 1.54) is 4.42 Å². The van der Waals surface area contributed by atoms with Crippen LogP contribution in [0.5, 0.6) is 0 Å². The van der Waals surface area contributed by atoms with Gasteiger partial charge in [0.25, 0.3) is 0 Å². The van der Waals surface area contributed by atoms with E-state index in [4.69, 9.17) is 22.9 Å². The third kappa shape index (κ3) is 1.30. The molecule has 0 amide bonds. The lowest BCUT2D eigenvalue weighted by Gasteiger charge is -2.21. The Morgan fingerprint density at radius 3 is 2.70 bits per heavy atom. The lowest BCUT2D eigenvalue weighted by atomic mass is 10.2. The molecule has 0 spiro atoms. The van der Waals surface area contributed by atoms with Crippen molar-refractivity contribution in [1.82, 2.24) is 4.42 Å². The van der Waals surface area contributed by atoms with Crippen molar-refractivity contribution >= 4 is 17.6 Å². The molecule has 3 nitrogen and oxygen atoms in total. The predicted octanol–water partition coefficient (Wildman–Crippen LogP) is 0.830. The zero-order valence-electron chi connectivity index (χ0n) is 5.29. The van der Waals surface area contributed by atoms with Crippen molar-refractivity contribution in [1.29, 1.82) is 5.41 Å². The topological polar surface area (TPSA) is 53.1 Å². The van der Waals surface area contributed by atoms with Crippen molar-refractivity contribution < 1.29 is 0 Å². The molecule has 0 radical (unpaired) electrons. The van der Waals surface area contributed by atoms with E-state index in [1.54, 1.807) is 18.4 Å². The van der Waals surface area contributed by atoms with E-state index in [1.807, 2.05) is 6.08 Å². The summed E-state index contributed by atoms with van der Waals surface area (Å²) in [4.78, 5) is 0. The van der Waals surface area contributed by atoms with Crippen LogP contribution >= 0.6 is 11.8 Å². The van der Waals surface area contributed by atoms with Gasteiger partial charge < -0.3 is 5.73 Å². The number of nitrogens with zero attached hydrogens (tertiary/aromatic N) is 1. The summed E-state index contributed by atoms with van der Waals surface area (Å²) >= 11 is 5.65. The standard InChI is InChI=1S/C6H8ClN3/c7-10-4-2-1-3-5(10)6(8)9/h1-5H,(H3,8,9). The van der Waals surface area contributed by atoms with Gasteiger partial charge in [0.2, 0.25) is 0 Å². The van der Waals surface area contributed by atoms with Gasteiger partial charge in [-0.2, -0.15) is 0 Å². The molecule has 4 heteroatoms. The van der Waals surface area contributed by atoms with Crippen molar-refractivity contribution in [3.05, 3.63) is 24.4 Å². The van der Waals surface area contributed by atoms with Gasteiger partial charge in [-0.05, 0) is 6.08 Å². The minimum absolute atomic E-state index is 0.0515. The molecule has 0 bridgehead atoms. The first-order valence-electron chi connectivity index (χ1n) is 2.85. The van der Waals surface area contributed by atoms with Gasteiger partial charge >= 0.3 is 0 Å². The molecule has 3 N–H and O–H groups in total. The summed E-state index contributed by atoms with van der Waals surface area (Å²) in [6.45, 7) is 0. The van der Waals surface area contributed by atoms with Crippen molar-refractivity contribution in [3.8, 4) is 0 Å². The smallest absolute Gasteiger partial charge is 0.120 e. The lowest BCUT2D eigenvalue weighted by Crippen LogP contribution is -2.35. The molecule has 10 heavy (non-hydrogen) atoms. The average Bonchev–Trinajstić information content (AvgIpc) is 1.88. The summed E-state index contributed by atoms with van der Waals surface area (Å²) in [7, 11) is 0. The highest BCUT2D eigenvalue weighted by molar-refractivity contribution is 6.16. The fourth-order valence-corrected chi connectivity index (χ4v) is 0.948. The molecule has 0 saturated carbocycles. The molecule has 1 heterocycles. The van der Waals surface area contributed by atoms with Gasteiger partial charge in [-0.3, -0.25) is 9.83 Å². The Labute approximate surface area is 64.4 Å². The Hall–Kier alpha value is -0.960. The quantitative estimate of drug-likeness (QED) is 0.337. The molecule has 0 aromatic heterocycles. The number of rotatable bonds is 1. The third-order valence-electron chi connectivity index (χ3n) is 1.22. The maximum absolute atomic E-state index is 7.09. The van der Waals surface area contributed by atoms with Crippen LogP contribution in [0.15, 0.2) is 24.4 Å². The van der Waals surface area contributed by atoms with Gasteiger partial charge in [-0.1, -0.05) is 12.2 Å². The molecule has 0 fully saturated rings. The van der Waals surface area contributed by atoms with Crippen LogP contribution in [-0.2, 0) is 0 Å². The molecule has 0 aliphatic carbocycles. The zero-order valence-corrected chi connectivity index (χ0v) is 6.05. The van der Waals surface area contributed by atoms with E-state index in [-0.39, 0.29) is 11.9 Å². The van der Waals surface area contributed by atoms with E-state index in [9.17, 15) is 0 Å². The predicted molar refractivity (Wildman–Crippen MR) is 41.7 cm³/mol. The van der Waals surface area contributed by atoms with Crippen LogP contribution in [0, 0.1) is 5.41 Å². The van der Waals surface area contributed by atoms with Gasteiger partial charge in [0.1, 0.15) is 11.9 Å². The molecule has 54 valence electrons. The van der Waals surface area contributed by atoms with Crippen LogP contribution < -0.4 is 5.73 Å². The number of halogens is 1. The molecule has 0 aromatic carbocycles. The number of hydrogen-bond donors (Lipinski definition) is 2. The van der Waals surface area contributed by atoms with Gasteiger partial charge in [0.05, 0.1) is 0 Å². The average molecular weight is 158 g/mol. The van der Waals surface area contributed by atoms with Crippen LogP contribution in [-0.4, -0.2) is 16.3 Å². The molecule has 0 aromatic rings. The van der Waals surface area contributed by atoms with E-state index >= 15 is 0 Å². The lowest BCUT2D eigenvalue weighted by molar-refractivity contribution is 0.593. The second kappa shape index (κ2) is 2.75. The number of amidine groups is 1. The minimum Gasteiger partial charge on any atom is -0.386 e. The molecule has 1 atom stereocenters. The first-order valence-corrected chi connectivity index (χ1v) is 3.18. The van der Waals surface area contributed by atoms with E-state index < -0.39 is 0 Å². The van der Waals surface area contributed by atoms with Crippen LogP contribution in [0.4, 0.5) is 0 Å². The summed E-state index contributed by atoms with van der Waals surface area (Å²) in [6.07, 6.45) is 7.01. The first kappa shape index (κ1) is 7.15. The largest absolute Gasteiger partial charge is 0.386 e. The van der Waals surface area contributed by atoms with Gasteiger partial charge in [-0.25, -0.2) is 0 Å². The Morgan fingerprint density at radius 2 is 2.30 bits per heavy atom. The second-order valence-corrected chi connectivity index (χ2v) is 2.36. The van der Waals surface area contributed by atoms with Gasteiger partial charge in [0, 0.05) is 18.0 Å². The molecular formula is C6H8ClN3. The molecular weight excluding hydrogens is 150 g/mol. The highest BCUT2D eigenvalue weighted by Crippen LogP contribution is 2.09. The van der Waals surface area contributed by atoms with E-state index in [2.05, 4.69) is 0 Å². The summed E-state index contributed by atoms with van der Waals surface area (Å²) < 4.78 is 1.36. The SMILES string of the molecule is N=C(N)C1C=CC=CN1Cl. The second-order valence-electron chi connectivity index (χ2n) is 1.97. The Balaban J connectivity index is 2.70. The Bertz CT molecular complexity index is 197. The Kier molecular flexibility index (Phi) is 1.97. The summed E-state index contributed by atoms with van der Waals surface area (Å²) in [5.74, 6) is 0.0515. The van der Waals surface area contributed by atoms with Crippen LogP contribution in [0.3, 0.4) is 0 Å². The number of nitrogens with one attached hydrogen (secondary N) is 1.